The lowest BCUT2D eigenvalue weighted by Gasteiger charge is -2.22. The molecule has 4 heteroatoms. The van der Waals surface area contributed by atoms with Crippen LogP contribution in [0.5, 0.6) is 0 Å². The molecule has 0 radical (unpaired) electrons. The van der Waals surface area contributed by atoms with Crippen LogP contribution in [0.15, 0.2) is 0 Å². The van der Waals surface area contributed by atoms with Gasteiger partial charge in [0.1, 0.15) is 0 Å². The van der Waals surface area contributed by atoms with E-state index in [1.807, 2.05) is 0 Å². The average molecular weight is 623 g/mol. The molecule has 0 spiro atoms. The van der Waals surface area contributed by atoms with Crippen LogP contribution < -0.4 is 5.32 Å². The van der Waals surface area contributed by atoms with Crippen LogP contribution in [0.25, 0.3) is 0 Å². The summed E-state index contributed by atoms with van der Waals surface area (Å²) in [5.74, 6) is 0.0105. The lowest BCUT2D eigenvalue weighted by atomic mass is 10.1. The molecule has 0 saturated heterocycles. The molecule has 0 aromatic carbocycles. The van der Waals surface area contributed by atoms with Gasteiger partial charge in [0.05, 0.1) is 6.61 Å². The van der Waals surface area contributed by atoms with Gasteiger partial charge in [0.15, 0.2) is 0 Å². The molecule has 0 unspecified atom stereocenters. The minimum atomic E-state index is 0.0105. The standard InChI is InChI=1S/C40H82N2O2/c1-4-7-10-13-16-22-29-36-42(37-30-23-17-14-11-8-5-2)38-31-25-28-35-41-34-27-21-19-20-26-33-40(43)44-39-32-24-18-15-12-9-6-3/h41H,4-39H2,1-3H3. The molecule has 0 heterocycles. The second-order valence-corrected chi connectivity index (χ2v) is 13.8. The van der Waals surface area contributed by atoms with Gasteiger partial charge in [-0.1, -0.05) is 162 Å². The van der Waals surface area contributed by atoms with Crippen LogP contribution in [0.2, 0.25) is 0 Å². The summed E-state index contributed by atoms with van der Waals surface area (Å²) in [6.45, 7) is 13.7. The minimum absolute atomic E-state index is 0.0105. The highest BCUT2D eigenvalue weighted by atomic mass is 16.5. The minimum Gasteiger partial charge on any atom is -0.466 e. The number of ether oxygens (including phenoxy) is 1. The Labute approximate surface area is 278 Å². The Morgan fingerprint density at radius 2 is 0.773 bits per heavy atom. The molecular formula is C40H82N2O2. The van der Waals surface area contributed by atoms with E-state index < -0.39 is 0 Å². The van der Waals surface area contributed by atoms with Gasteiger partial charge >= 0.3 is 5.97 Å². The molecule has 0 aliphatic heterocycles. The summed E-state index contributed by atoms with van der Waals surface area (Å²) in [5.41, 5.74) is 0. The Bertz CT molecular complexity index is 523. The van der Waals surface area contributed by atoms with Crippen molar-refractivity contribution < 1.29 is 9.53 Å². The maximum Gasteiger partial charge on any atom is 0.305 e. The van der Waals surface area contributed by atoms with E-state index in [0.29, 0.717) is 13.0 Å². The number of nitrogens with one attached hydrogen (secondary N) is 1. The topological polar surface area (TPSA) is 41.6 Å². The first-order chi connectivity index (χ1) is 21.7. The molecule has 0 bridgehead atoms. The summed E-state index contributed by atoms with van der Waals surface area (Å²) < 4.78 is 5.40. The molecule has 0 rings (SSSR count). The number of rotatable bonds is 38. The van der Waals surface area contributed by atoms with Crippen molar-refractivity contribution in [1.29, 1.82) is 0 Å². The monoisotopic (exact) mass is 623 g/mol. The van der Waals surface area contributed by atoms with Crippen molar-refractivity contribution in [3.8, 4) is 0 Å². The number of carbonyl (C=O) groups excluding carboxylic acids is 1. The summed E-state index contributed by atoms with van der Waals surface area (Å²) in [4.78, 5) is 14.7. The van der Waals surface area contributed by atoms with Gasteiger partial charge < -0.3 is 15.0 Å². The summed E-state index contributed by atoms with van der Waals surface area (Å²) in [5, 5.41) is 3.67. The number of carbonyl (C=O) groups is 1. The molecule has 0 fully saturated rings. The molecule has 0 aromatic heterocycles. The molecule has 0 aliphatic carbocycles. The van der Waals surface area contributed by atoms with Gasteiger partial charge in [-0.15, -0.1) is 0 Å². The molecule has 0 amide bonds. The zero-order valence-electron chi connectivity index (χ0n) is 30.7. The first kappa shape index (κ1) is 43.4. The number of esters is 1. The molecule has 0 aliphatic rings. The summed E-state index contributed by atoms with van der Waals surface area (Å²) in [7, 11) is 0. The van der Waals surface area contributed by atoms with Crippen molar-refractivity contribution in [3.63, 3.8) is 0 Å². The highest BCUT2D eigenvalue weighted by Crippen LogP contribution is 2.12. The lowest BCUT2D eigenvalue weighted by molar-refractivity contribution is -0.143. The first-order valence-corrected chi connectivity index (χ1v) is 20.3. The number of hydrogen-bond acceptors (Lipinski definition) is 4. The molecular weight excluding hydrogens is 540 g/mol. The van der Waals surface area contributed by atoms with Gasteiger partial charge in [-0.05, 0) is 77.7 Å². The molecule has 4 nitrogen and oxygen atoms in total. The van der Waals surface area contributed by atoms with Gasteiger partial charge in [0.2, 0.25) is 0 Å². The second-order valence-electron chi connectivity index (χ2n) is 13.8. The zero-order valence-corrected chi connectivity index (χ0v) is 30.7. The quantitative estimate of drug-likeness (QED) is 0.0549. The van der Waals surface area contributed by atoms with Crippen LogP contribution in [0, 0.1) is 0 Å². The van der Waals surface area contributed by atoms with Crippen LogP contribution in [0.1, 0.15) is 213 Å². The Kier molecular flexibility index (Phi) is 38.0. The highest BCUT2D eigenvalue weighted by molar-refractivity contribution is 5.69. The van der Waals surface area contributed by atoms with Crippen molar-refractivity contribution in [2.24, 2.45) is 0 Å². The fraction of sp³-hybridized carbons (Fsp3) is 0.975. The number of nitrogens with zero attached hydrogens (tertiary/aromatic N) is 1. The van der Waals surface area contributed by atoms with Crippen molar-refractivity contribution in [2.45, 2.75) is 213 Å². The Hall–Kier alpha value is -0.610. The third-order valence-electron chi connectivity index (χ3n) is 9.23. The summed E-state index contributed by atoms with van der Waals surface area (Å²) in [6.07, 6.45) is 39.1. The van der Waals surface area contributed by atoms with Crippen LogP contribution >= 0.6 is 0 Å². The zero-order chi connectivity index (χ0) is 32.0. The highest BCUT2D eigenvalue weighted by Gasteiger charge is 2.06. The second kappa shape index (κ2) is 38.6. The Morgan fingerprint density at radius 3 is 1.23 bits per heavy atom. The smallest absolute Gasteiger partial charge is 0.305 e. The lowest BCUT2D eigenvalue weighted by Crippen LogP contribution is -2.27. The molecule has 0 aromatic rings. The third-order valence-corrected chi connectivity index (χ3v) is 9.23. The third kappa shape index (κ3) is 35.9. The molecule has 0 atom stereocenters. The van der Waals surface area contributed by atoms with E-state index in [1.54, 1.807) is 0 Å². The fourth-order valence-electron chi connectivity index (χ4n) is 6.17. The van der Waals surface area contributed by atoms with Gasteiger partial charge in [-0.3, -0.25) is 4.79 Å². The molecule has 0 saturated carbocycles. The predicted octanol–water partition coefficient (Wildman–Crippen LogP) is 12.2. The van der Waals surface area contributed by atoms with Crippen LogP contribution in [-0.4, -0.2) is 50.2 Å². The fourth-order valence-corrected chi connectivity index (χ4v) is 6.17. The Morgan fingerprint density at radius 1 is 0.432 bits per heavy atom. The summed E-state index contributed by atoms with van der Waals surface area (Å²) >= 11 is 0. The average Bonchev–Trinajstić information content (AvgIpc) is 3.03. The maximum atomic E-state index is 11.9. The first-order valence-electron chi connectivity index (χ1n) is 20.3. The van der Waals surface area contributed by atoms with E-state index in [-0.39, 0.29) is 5.97 Å². The van der Waals surface area contributed by atoms with Crippen molar-refractivity contribution in [3.05, 3.63) is 0 Å². The SMILES string of the molecule is CCCCCCCCCOC(=O)CCCCCCCNCCCCCN(CCCCCCCCC)CCCCCCCCC. The molecule has 264 valence electrons. The van der Waals surface area contributed by atoms with E-state index in [1.165, 1.54) is 193 Å². The van der Waals surface area contributed by atoms with Crippen LogP contribution in [0.4, 0.5) is 0 Å². The largest absolute Gasteiger partial charge is 0.466 e. The van der Waals surface area contributed by atoms with Gasteiger partial charge in [0.25, 0.3) is 0 Å². The normalized spacial score (nSPS) is 11.5. The summed E-state index contributed by atoms with van der Waals surface area (Å²) in [6, 6.07) is 0. The number of unbranched alkanes of at least 4 members (excludes halogenated alkanes) is 24. The van der Waals surface area contributed by atoms with E-state index in [2.05, 4.69) is 31.0 Å². The van der Waals surface area contributed by atoms with E-state index in [9.17, 15) is 4.79 Å². The van der Waals surface area contributed by atoms with Gasteiger partial charge in [-0.2, -0.15) is 0 Å². The maximum absolute atomic E-state index is 11.9. The Balaban J connectivity index is 3.66. The van der Waals surface area contributed by atoms with E-state index in [0.717, 1.165) is 25.8 Å². The van der Waals surface area contributed by atoms with E-state index >= 15 is 0 Å². The van der Waals surface area contributed by atoms with Crippen LogP contribution in [-0.2, 0) is 9.53 Å². The van der Waals surface area contributed by atoms with Crippen LogP contribution in [0.3, 0.4) is 0 Å². The predicted molar refractivity (Wildman–Crippen MR) is 196 cm³/mol. The number of hydrogen-bond donors (Lipinski definition) is 1. The molecule has 44 heavy (non-hydrogen) atoms. The van der Waals surface area contributed by atoms with Gasteiger partial charge in [0, 0.05) is 6.42 Å². The molecule has 1 N–H and O–H groups in total. The van der Waals surface area contributed by atoms with Crippen molar-refractivity contribution >= 4 is 5.97 Å². The van der Waals surface area contributed by atoms with Crippen molar-refractivity contribution in [2.75, 3.05) is 39.3 Å². The van der Waals surface area contributed by atoms with E-state index in [4.69, 9.17) is 4.74 Å². The van der Waals surface area contributed by atoms with Gasteiger partial charge in [-0.25, -0.2) is 0 Å². The van der Waals surface area contributed by atoms with Crippen molar-refractivity contribution in [1.82, 2.24) is 10.2 Å².